The molecular formula is C11H20N2O2S2. The number of carbonyl (C=O) groups is 1. The molecule has 0 saturated carbocycles. The maximum atomic E-state index is 12.2. The van der Waals surface area contributed by atoms with Gasteiger partial charge in [-0.3, -0.25) is 4.79 Å². The minimum absolute atomic E-state index is 0.0470. The predicted molar refractivity (Wildman–Crippen MR) is 75.3 cm³/mol. The third-order valence-corrected chi connectivity index (χ3v) is 4.57. The lowest BCUT2D eigenvalue weighted by Gasteiger charge is -2.34. The number of nitrogens with two attached hydrogens (primary N) is 1. The summed E-state index contributed by atoms with van der Waals surface area (Å²) >= 11 is 6.79. The third-order valence-electron chi connectivity index (χ3n) is 3.21. The molecule has 1 fully saturated rings. The number of rotatable bonds is 5. The zero-order valence-electron chi connectivity index (χ0n) is 10.3. The highest BCUT2D eigenvalue weighted by Gasteiger charge is 2.42. The van der Waals surface area contributed by atoms with E-state index in [0.29, 0.717) is 37.9 Å². The molecule has 1 aliphatic rings. The fourth-order valence-corrected chi connectivity index (χ4v) is 2.34. The molecule has 1 amide bonds. The molecule has 1 saturated heterocycles. The molecule has 1 rings (SSSR count). The molecule has 0 aromatic carbocycles. The summed E-state index contributed by atoms with van der Waals surface area (Å²) in [6.07, 6.45) is 3.19. The summed E-state index contributed by atoms with van der Waals surface area (Å²) in [4.78, 5) is 12.5. The van der Waals surface area contributed by atoms with Crippen LogP contribution in [0.3, 0.4) is 0 Å². The van der Waals surface area contributed by atoms with Gasteiger partial charge >= 0.3 is 0 Å². The second-order valence-electron chi connectivity index (χ2n) is 4.32. The second kappa shape index (κ2) is 6.56. The Kier molecular flexibility index (Phi) is 5.69. The van der Waals surface area contributed by atoms with Gasteiger partial charge in [-0.05, 0) is 19.1 Å². The van der Waals surface area contributed by atoms with Crippen molar-refractivity contribution in [2.24, 2.45) is 11.1 Å². The Hall–Kier alpha value is -0.330. The molecule has 6 heteroatoms. The van der Waals surface area contributed by atoms with Crippen LogP contribution in [0, 0.1) is 5.41 Å². The van der Waals surface area contributed by atoms with Crippen LogP contribution in [-0.4, -0.2) is 42.2 Å². The van der Waals surface area contributed by atoms with Gasteiger partial charge in [0.15, 0.2) is 0 Å². The van der Waals surface area contributed by atoms with Crippen LogP contribution in [0.1, 0.15) is 19.8 Å². The number of hydrogen-bond acceptors (Lipinski definition) is 4. The molecule has 0 aromatic rings. The number of carbonyl (C=O) groups excluding carboxylic acids is 1. The Balaban J connectivity index is 2.64. The highest BCUT2D eigenvalue weighted by Crippen LogP contribution is 2.31. The SMILES string of the molecule is CSC(C)CNC(=O)C1(C(N)=S)CCOCC1. The van der Waals surface area contributed by atoms with Gasteiger partial charge in [0.05, 0.1) is 4.99 Å². The summed E-state index contributed by atoms with van der Waals surface area (Å²) in [5, 5.41) is 3.33. The Morgan fingerprint density at radius 2 is 2.18 bits per heavy atom. The summed E-state index contributed by atoms with van der Waals surface area (Å²) in [5.41, 5.74) is 5.05. The van der Waals surface area contributed by atoms with Gasteiger partial charge in [0.1, 0.15) is 5.41 Å². The molecule has 3 N–H and O–H groups in total. The van der Waals surface area contributed by atoms with Crippen LogP contribution in [0.2, 0.25) is 0 Å². The van der Waals surface area contributed by atoms with Gasteiger partial charge in [0.25, 0.3) is 0 Å². The zero-order valence-corrected chi connectivity index (χ0v) is 12.0. The van der Waals surface area contributed by atoms with E-state index >= 15 is 0 Å². The van der Waals surface area contributed by atoms with Gasteiger partial charge in [0.2, 0.25) is 5.91 Å². The summed E-state index contributed by atoms with van der Waals surface area (Å²) in [5.74, 6) is -0.0470. The lowest BCUT2D eigenvalue weighted by Crippen LogP contribution is -2.52. The molecule has 1 aliphatic heterocycles. The van der Waals surface area contributed by atoms with Crippen molar-refractivity contribution < 1.29 is 9.53 Å². The van der Waals surface area contributed by atoms with Gasteiger partial charge in [-0.15, -0.1) is 0 Å². The predicted octanol–water partition coefficient (Wildman–Crippen LogP) is 0.937. The van der Waals surface area contributed by atoms with Crippen LogP contribution in [0.5, 0.6) is 0 Å². The number of nitrogens with one attached hydrogen (secondary N) is 1. The maximum Gasteiger partial charge on any atom is 0.233 e. The van der Waals surface area contributed by atoms with E-state index in [-0.39, 0.29) is 10.9 Å². The van der Waals surface area contributed by atoms with Gasteiger partial charge in [-0.25, -0.2) is 0 Å². The molecule has 0 radical (unpaired) electrons. The number of thiocarbonyl (C=S) groups is 1. The van der Waals surface area contributed by atoms with Crippen molar-refractivity contribution in [3.8, 4) is 0 Å². The van der Waals surface area contributed by atoms with Crippen molar-refractivity contribution in [1.82, 2.24) is 5.32 Å². The zero-order chi connectivity index (χ0) is 12.9. The second-order valence-corrected chi connectivity index (χ2v) is 6.03. The third kappa shape index (κ3) is 3.56. The lowest BCUT2D eigenvalue weighted by molar-refractivity contribution is -0.131. The van der Waals surface area contributed by atoms with Crippen LogP contribution in [0.25, 0.3) is 0 Å². The van der Waals surface area contributed by atoms with E-state index in [1.807, 2.05) is 6.26 Å². The Morgan fingerprint density at radius 1 is 1.59 bits per heavy atom. The van der Waals surface area contributed by atoms with Crippen LogP contribution >= 0.6 is 24.0 Å². The smallest absolute Gasteiger partial charge is 0.233 e. The summed E-state index contributed by atoms with van der Waals surface area (Å²) < 4.78 is 5.27. The first kappa shape index (κ1) is 14.7. The first-order valence-electron chi connectivity index (χ1n) is 5.71. The van der Waals surface area contributed by atoms with E-state index in [9.17, 15) is 4.79 Å². The molecule has 0 aromatic heterocycles. The standard InChI is InChI=1S/C11H20N2O2S2/c1-8(17-2)7-13-10(14)11(9(12)16)3-5-15-6-4-11/h8H,3-7H2,1-2H3,(H2,12,16)(H,13,14). The fraction of sp³-hybridized carbons (Fsp3) is 0.818. The Labute approximate surface area is 112 Å². The van der Waals surface area contributed by atoms with Crippen molar-refractivity contribution in [3.05, 3.63) is 0 Å². The minimum Gasteiger partial charge on any atom is -0.392 e. The van der Waals surface area contributed by atoms with Crippen molar-refractivity contribution in [2.45, 2.75) is 25.0 Å². The average molecular weight is 276 g/mol. The molecule has 1 unspecified atom stereocenters. The molecule has 98 valence electrons. The highest BCUT2D eigenvalue weighted by molar-refractivity contribution is 7.99. The molecule has 0 aliphatic carbocycles. The van der Waals surface area contributed by atoms with E-state index < -0.39 is 5.41 Å². The lowest BCUT2D eigenvalue weighted by atomic mass is 9.79. The van der Waals surface area contributed by atoms with E-state index in [4.69, 9.17) is 22.7 Å². The topological polar surface area (TPSA) is 64.4 Å². The molecule has 1 atom stereocenters. The normalized spacial score (nSPS) is 20.6. The van der Waals surface area contributed by atoms with E-state index in [1.165, 1.54) is 0 Å². The summed E-state index contributed by atoms with van der Waals surface area (Å²) in [6, 6.07) is 0. The molecular weight excluding hydrogens is 256 g/mol. The minimum atomic E-state index is -0.703. The van der Waals surface area contributed by atoms with E-state index in [1.54, 1.807) is 11.8 Å². The molecule has 1 heterocycles. The van der Waals surface area contributed by atoms with Crippen molar-refractivity contribution in [3.63, 3.8) is 0 Å². The van der Waals surface area contributed by atoms with Crippen molar-refractivity contribution in [1.29, 1.82) is 0 Å². The fourth-order valence-electron chi connectivity index (χ4n) is 1.79. The number of ether oxygens (including phenoxy) is 1. The van der Waals surface area contributed by atoms with Crippen molar-refractivity contribution >= 4 is 34.9 Å². The van der Waals surface area contributed by atoms with Crippen LogP contribution in [-0.2, 0) is 9.53 Å². The first-order chi connectivity index (χ1) is 8.03. The molecule has 0 spiro atoms. The first-order valence-corrected chi connectivity index (χ1v) is 7.41. The average Bonchev–Trinajstić information content (AvgIpc) is 2.35. The largest absolute Gasteiger partial charge is 0.392 e. The summed E-state index contributed by atoms with van der Waals surface area (Å²) in [7, 11) is 0. The molecule has 4 nitrogen and oxygen atoms in total. The summed E-state index contributed by atoms with van der Waals surface area (Å²) in [6.45, 7) is 3.80. The monoisotopic (exact) mass is 276 g/mol. The van der Waals surface area contributed by atoms with Gasteiger partial charge in [0, 0.05) is 25.0 Å². The number of hydrogen-bond donors (Lipinski definition) is 2. The molecule has 0 bridgehead atoms. The van der Waals surface area contributed by atoms with Gasteiger partial charge < -0.3 is 15.8 Å². The van der Waals surface area contributed by atoms with Gasteiger partial charge in [-0.1, -0.05) is 19.1 Å². The van der Waals surface area contributed by atoms with Gasteiger partial charge in [-0.2, -0.15) is 11.8 Å². The van der Waals surface area contributed by atoms with Crippen molar-refractivity contribution in [2.75, 3.05) is 26.0 Å². The number of thioether (sulfide) groups is 1. The number of amides is 1. The Morgan fingerprint density at radius 3 is 2.65 bits per heavy atom. The molecule has 17 heavy (non-hydrogen) atoms. The highest BCUT2D eigenvalue weighted by atomic mass is 32.2. The van der Waals surface area contributed by atoms with Crippen LogP contribution < -0.4 is 11.1 Å². The van der Waals surface area contributed by atoms with E-state index in [2.05, 4.69) is 12.2 Å². The Bertz CT molecular complexity index is 291. The van der Waals surface area contributed by atoms with Crippen LogP contribution in [0.15, 0.2) is 0 Å². The quantitative estimate of drug-likeness (QED) is 0.732. The maximum absolute atomic E-state index is 12.2. The van der Waals surface area contributed by atoms with E-state index in [0.717, 1.165) is 0 Å². The van der Waals surface area contributed by atoms with Crippen LogP contribution in [0.4, 0.5) is 0 Å².